The van der Waals surface area contributed by atoms with Gasteiger partial charge in [-0.15, -0.1) is 16.4 Å². The Morgan fingerprint density at radius 2 is 1.83 bits per heavy atom. The minimum Gasteiger partial charge on any atom is -0.473 e. The lowest BCUT2D eigenvalue weighted by Crippen LogP contribution is -2.49. The first-order valence-corrected chi connectivity index (χ1v) is 17.0. The van der Waals surface area contributed by atoms with E-state index in [1.54, 1.807) is 29.9 Å². The summed E-state index contributed by atoms with van der Waals surface area (Å²) in [5.74, 6) is -0.335. The number of β-amino-alcohol motifs (C(OH)–C–C–N with tert-alkyl or cyclic N) is 1. The van der Waals surface area contributed by atoms with Crippen LogP contribution in [0.15, 0.2) is 48.4 Å². The number of likely N-dealkylation sites (tertiary alicyclic amines) is 1. The third-order valence-corrected chi connectivity index (χ3v) is 9.76. The second-order valence-corrected chi connectivity index (χ2v) is 13.4. The Bertz CT molecular complexity index is 1670. The molecule has 3 aromatic heterocycles. The molecule has 248 valence electrons. The number of hydrogen-bond donors (Lipinski definition) is 3. The Morgan fingerprint density at radius 3 is 2.49 bits per heavy atom. The van der Waals surface area contributed by atoms with Crippen molar-refractivity contribution in [2.75, 3.05) is 19.6 Å². The van der Waals surface area contributed by atoms with E-state index in [1.807, 2.05) is 57.5 Å². The van der Waals surface area contributed by atoms with Gasteiger partial charge in [-0.3, -0.25) is 9.59 Å². The molecule has 1 aromatic carbocycles. The average molecular weight is 660 g/mol. The molecule has 14 heteroatoms. The third-order valence-electron chi connectivity index (χ3n) is 8.79. The van der Waals surface area contributed by atoms with Crippen LogP contribution in [0.4, 0.5) is 0 Å². The van der Waals surface area contributed by atoms with E-state index >= 15 is 0 Å². The Balaban J connectivity index is 1.12. The average Bonchev–Trinajstić information content (AvgIpc) is 3.82. The summed E-state index contributed by atoms with van der Waals surface area (Å²) in [6, 6.07) is 6.16. The van der Waals surface area contributed by atoms with Crippen LogP contribution in [0.1, 0.15) is 63.4 Å². The number of amides is 2. The number of carbonyl (C=O) groups is 2. The molecule has 0 spiro atoms. The number of nitrogens with one attached hydrogen (secondary N) is 2. The van der Waals surface area contributed by atoms with E-state index in [-0.39, 0.29) is 42.8 Å². The first-order valence-electron chi connectivity index (χ1n) is 16.1. The normalized spacial score (nSPS) is 19.9. The zero-order chi connectivity index (χ0) is 33.1. The van der Waals surface area contributed by atoms with Crippen molar-refractivity contribution in [1.82, 2.24) is 45.5 Å². The van der Waals surface area contributed by atoms with Crippen LogP contribution in [-0.2, 0) is 9.59 Å². The molecule has 2 saturated heterocycles. The molecule has 6 rings (SSSR count). The summed E-state index contributed by atoms with van der Waals surface area (Å²) in [6.07, 6.45) is 6.12. The molecular formula is C33H41N9O4S. The van der Waals surface area contributed by atoms with Gasteiger partial charge in [0.05, 0.1) is 46.8 Å². The standard InChI is InChI=1S/C33H41N9O4S/c1-19(2)30(42-17-27(39-40-42)26-14-36-29(15-35-26)46-25-9-11-34-12-10-25)33(45)41-16-24(43)13-28(41)32(44)38-20(3)22-5-7-23(8-6-22)31-21(4)37-18-47-31/h5-8,14-15,17-20,24-25,28,30,34,43H,9-13,16H2,1-4H3,(H,38,44)/t20-,24+,28-,30-/m0/s1. The summed E-state index contributed by atoms with van der Waals surface area (Å²) in [4.78, 5) is 43.4. The number of hydrogen-bond acceptors (Lipinski definition) is 11. The zero-order valence-electron chi connectivity index (χ0n) is 27.0. The van der Waals surface area contributed by atoms with Gasteiger partial charge in [0.25, 0.3) is 0 Å². The highest BCUT2D eigenvalue weighted by atomic mass is 32.1. The Labute approximate surface area is 277 Å². The smallest absolute Gasteiger partial charge is 0.248 e. The number of nitrogens with zero attached hydrogens (tertiary/aromatic N) is 7. The maximum absolute atomic E-state index is 14.1. The molecule has 2 amide bonds. The molecule has 0 unspecified atom stereocenters. The summed E-state index contributed by atoms with van der Waals surface area (Å²) in [6.45, 7) is 9.61. The van der Waals surface area contributed by atoms with Crippen molar-refractivity contribution in [2.24, 2.45) is 5.92 Å². The fraction of sp³-hybridized carbons (Fsp3) is 0.485. The number of benzene rings is 1. The third kappa shape index (κ3) is 7.34. The van der Waals surface area contributed by atoms with Crippen LogP contribution in [0.3, 0.4) is 0 Å². The molecule has 0 bridgehead atoms. The number of carbonyl (C=O) groups excluding carboxylic acids is 2. The van der Waals surface area contributed by atoms with Gasteiger partial charge in [0, 0.05) is 13.0 Å². The van der Waals surface area contributed by atoms with Crippen molar-refractivity contribution >= 4 is 23.2 Å². The van der Waals surface area contributed by atoms with Gasteiger partial charge >= 0.3 is 0 Å². The predicted molar refractivity (Wildman–Crippen MR) is 176 cm³/mol. The highest BCUT2D eigenvalue weighted by Gasteiger charge is 2.43. The predicted octanol–water partition coefficient (Wildman–Crippen LogP) is 3.33. The van der Waals surface area contributed by atoms with E-state index in [9.17, 15) is 14.7 Å². The highest BCUT2D eigenvalue weighted by Crippen LogP contribution is 2.30. The molecule has 2 aliphatic rings. The monoisotopic (exact) mass is 659 g/mol. The van der Waals surface area contributed by atoms with E-state index in [4.69, 9.17) is 4.74 Å². The number of ether oxygens (including phenoxy) is 1. The molecular weight excluding hydrogens is 618 g/mol. The molecule has 2 fully saturated rings. The number of aliphatic hydroxyl groups is 1. The number of thiazole rings is 1. The second-order valence-electron chi connectivity index (χ2n) is 12.6. The molecule has 4 atom stereocenters. The van der Waals surface area contributed by atoms with Crippen molar-refractivity contribution in [3.63, 3.8) is 0 Å². The minimum atomic E-state index is -0.818. The van der Waals surface area contributed by atoms with Crippen LogP contribution in [-0.4, -0.2) is 89.7 Å². The minimum absolute atomic E-state index is 0.0585. The molecule has 5 heterocycles. The SMILES string of the molecule is Cc1ncsc1-c1ccc([C@H](C)NC(=O)[C@@H]2C[C@@H](O)CN2C(=O)[C@H](C(C)C)n2cc(-c3cnc(OC4CCNCC4)cn3)nn2)cc1. The first-order chi connectivity index (χ1) is 22.7. The first kappa shape index (κ1) is 32.7. The quantitative estimate of drug-likeness (QED) is 0.230. The van der Waals surface area contributed by atoms with Gasteiger partial charge in [-0.1, -0.05) is 43.3 Å². The van der Waals surface area contributed by atoms with Gasteiger partial charge in [0.15, 0.2) is 0 Å². The van der Waals surface area contributed by atoms with Crippen LogP contribution in [0, 0.1) is 12.8 Å². The number of aliphatic hydroxyl groups excluding tert-OH is 1. The lowest BCUT2D eigenvalue weighted by Gasteiger charge is -2.30. The summed E-state index contributed by atoms with van der Waals surface area (Å²) >= 11 is 1.59. The molecule has 47 heavy (non-hydrogen) atoms. The topological polar surface area (TPSA) is 160 Å². The Morgan fingerprint density at radius 1 is 1.06 bits per heavy atom. The Kier molecular flexibility index (Phi) is 9.89. The zero-order valence-corrected chi connectivity index (χ0v) is 27.9. The van der Waals surface area contributed by atoms with Crippen molar-refractivity contribution in [2.45, 2.75) is 77.3 Å². The van der Waals surface area contributed by atoms with E-state index in [0.29, 0.717) is 17.3 Å². The molecule has 13 nitrogen and oxygen atoms in total. The van der Waals surface area contributed by atoms with Gasteiger partial charge in [-0.05, 0) is 56.8 Å². The second kappa shape index (κ2) is 14.2. The van der Waals surface area contributed by atoms with Crippen LogP contribution < -0.4 is 15.4 Å². The number of rotatable bonds is 10. The lowest BCUT2D eigenvalue weighted by atomic mass is 10.0. The highest BCUT2D eigenvalue weighted by molar-refractivity contribution is 7.13. The number of aryl methyl sites for hydroxylation is 1. The molecule has 0 radical (unpaired) electrons. The number of aromatic nitrogens is 6. The van der Waals surface area contributed by atoms with E-state index in [2.05, 4.69) is 35.9 Å². The van der Waals surface area contributed by atoms with E-state index in [0.717, 1.165) is 47.6 Å². The summed E-state index contributed by atoms with van der Waals surface area (Å²) < 4.78 is 7.47. The number of piperidine rings is 1. The van der Waals surface area contributed by atoms with Gasteiger partial charge in [0.2, 0.25) is 17.7 Å². The van der Waals surface area contributed by atoms with Crippen LogP contribution >= 0.6 is 11.3 Å². The molecule has 0 aliphatic carbocycles. The van der Waals surface area contributed by atoms with Crippen molar-refractivity contribution < 1.29 is 19.4 Å². The summed E-state index contributed by atoms with van der Waals surface area (Å²) in [7, 11) is 0. The maximum atomic E-state index is 14.1. The molecule has 4 aromatic rings. The van der Waals surface area contributed by atoms with Gasteiger partial charge in [0.1, 0.15) is 29.6 Å². The Hall–Kier alpha value is -4.27. The van der Waals surface area contributed by atoms with E-state index in [1.165, 1.54) is 9.58 Å². The summed E-state index contributed by atoms with van der Waals surface area (Å²) in [5, 5.41) is 25.5. The van der Waals surface area contributed by atoms with Gasteiger partial charge in [-0.25, -0.2) is 19.6 Å². The fourth-order valence-corrected chi connectivity index (χ4v) is 7.01. The lowest BCUT2D eigenvalue weighted by molar-refractivity contribution is -0.142. The van der Waals surface area contributed by atoms with E-state index < -0.39 is 18.2 Å². The maximum Gasteiger partial charge on any atom is 0.248 e. The van der Waals surface area contributed by atoms with Crippen LogP contribution in [0.5, 0.6) is 5.88 Å². The molecule has 0 saturated carbocycles. The van der Waals surface area contributed by atoms with Crippen molar-refractivity contribution in [3.05, 3.63) is 59.6 Å². The largest absolute Gasteiger partial charge is 0.473 e. The molecule has 3 N–H and O–H groups in total. The summed E-state index contributed by atoms with van der Waals surface area (Å²) in [5.41, 5.74) is 5.79. The van der Waals surface area contributed by atoms with Crippen molar-refractivity contribution in [3.8, 4) is 27.7 Å². The van der Waals surface area contributed by atoms with Crippen LogP contribution in [0.2, 0.25) is 0 Å². The fourth-order valence-electron chi connectivity index (χ4n) is 6.20. The van der Waals surface area contributed by atoms with Crippen LogP contribution in [0.25, 0.3) is 21.8 Å². The van der Waals surface area contributed by atoms with Gasteiger partial charge < -0.3 is 25.4 Å². The van der Waals surface area contributed by atoms with Gasteiger partial charge in [-0.2, -0.15) is 0 Å². The molecule has 2 aliphatic heterocycles. The van der Waals surface area contributed by atoms with Crippen molar-refractivity contribution in [1.29, 1.82) is 0 Å².